The number of allylic oxidation sites excluding steroid dienone is 2. The molecule has 3 rings (SSSR count). The second-order valence-corrected chi connectivity index (χ2v) is 8.49. The molecule has 0 saturated carbocycles. The van der Waals surface area contributed by atoms with Gasteiger partial charge in [0.2, 0.25) is 5.91 Å². The molecule has 5 heteroatoms. The lowest BCUT2D eigenvalue weighted by Gasteiger charge is -2.26. The topological polar surface area (TPSA) is 58.2 Å². The number of fused-ring (bicyclic) bond motifs is 1. The van der Waals surface area contributed by atoms with Crippen molar-refractivity contribution < 1.29 is 9.53 Å². The Labute approximate surface area is 180 Å². The lowest BCUT2D eigenvalue weighted by molar-refractivity contribution is -0.117. The second kappa shape index (κ2) is 11.3. The first-order valence-electron chi connectivity index (χ1n) is 11.6. The third-order valence-electron chi connectivity index (χ3n) is 6.05. The molecule has 1 aliphatic heterocycles. The number of imidazole rings is 1. The molecule has 1 aliphatic rings. The lowest BCUT2D eigenvalue weighted by Crippen LogP contribution is -2.36. The van der Waals surface area contributed by atoms with Gasteiger partial charge in [-0.05, 0) is 44.4 Å². The number of benzene rings is 1. The molecule has 1 N–H and O–H groups in total. The van der Waals surface area contributed by atoms with E-state index >= 15 is 0 Å². The van der Waals surface area contributed by atoms with Crippen molar-refractivity contribution in [3.8, 4) is 0 Å². The van der Waals surface area contributed by atoms with Crippen LogP contribution in [0.3, 0.4) is 0 Å². The number of unbranched alkanes of at least 4 members (excludes halogenated alkanes) is 7. The lowest BCUT2D eigenvalue weighted by atomic mass is 10.0. The molecular formula is C25H37N3O2. The number of anilines is 1. The van der Waals surface area contributed by atoms with E-state index in [0.29, 0.717) is 6.42 Å². The van der Waals surface area contributed by atoms with Gasteiger partial charge in [-0.2, -0.15) is 0 Å². The van der Waals surface area contributed by atoms with Gasteiger partial charge in [-0.3, -0.25) is 9.69 Å². The summed E-state index contributed by atoms with van der Waals surface area (Å²) in [6.07, 6.45) is 16.2. The van der Waals surface area contributed by atoms with E-state index < -0.39 is 0 Å². The van der Waals surface area contributed by atoms with Crippen LogP contribution in [0.5, 0.6) is 0 Å². The van der Waals surface area contributed by atoms with Crippen LogP contribution in [0.25, 0.3) is 11.0 Å². The number of carbonyl (C=O) groups is 1. The first-order valence-corrected chi connectivity index (χ1v) is 11.6. The molecule has 1 saturated heterocycles. The molecular weight excluding hydrogens is 374 g/mol. The molecule has 1 aromatic heterocycles. The van der Waals surface area contributed by atoms with Gasteiger partial charge >= 0.3 is 0 Å². The van der Waals surface area contributed by atoms with Crippen LogP contribution in [-0.2, 0) is 9.53 Å². The van der Waals surface area contributed by atoms with Crippen molar-refractivity contribution in [2.45, 2.75) is 84.3 Å². The van der Waals surface area contributed by atoms with Crippen LogP contribution in [0, 0.1) is 12.8 Å². The van der Waals surface area contributed by atoms with E-state index in [4.69, 9.17) is 4.74 Å². The summed E-state index contributed by atoms with van der Waals surface area (Å²) < 4.78 is 5.77. The highest BCUT2D eigenvalue weighted by Crippen LogP contribution is 2.34. The predicted octanol–water partition coefficient (Wildman–Crippen LogP) is 6.28. The molecule has 2 atom stereocenters. The number of ether oxygens (including phenoxy) is 1. The molecule has 1 amide bonds. The summed E-state index contributed by atoms with van der Waals surface area (Å²) in [7, 11) is 1.70. The van der Waals surface area contributed by atoms with Crippen molar-refractivity contribution in [2.75, 3.05) is 12.0 Å². The van der Waals surface area contributed by atoms with Crippen molar-refractivity contribution in [3.05, 3.63) is 36.2 Å². The molecule has 0 spiro atoms. The Bertz CT molecular complexity index is 842. The molecule has 164 valence electrons. The summed E-state index contributed by atoms with van der Waals surface area (Å²) in [4.78, 5) is 22.3. The minimum atomic E-state index is -0.220. The maximum absolute atomic E-state index is 12.8. The van der Waals surface area contributed by atoms with Crippen molar-refractivity contribution in [3.63, 3.8) is 0 Å². The van der Waals surface area contributed by atoms with Gasteiger partial charge in [0.1, 0.15) is 12.1 Å². The standard InChI is InChI=1S/C25H37N3O2/c1-4-5-6-7-8-9-10-11-12-13-14-20-17-24(29)28(25(20)30-3)21-15-16-22-23(18-21)27-19(2)26-22/h12-13,15-16,18,20,25H,4-11,14,17H2,1-3H3,(H,26,27). The van der Waals surface area contributed by atoms with Crippen molar-refractivity contribution in [2.24, 2.45) is 5.92 Å². The number of methoxy groups -OCH3 is 1. The number of aryl methyl sites for hydroxylation is 1. The molecule has 0 aliphatic carbocycles. The molecule has 0 bridgehead atoms. The minimum Gasteiger partial charge on any atom is -0.361 e. The van der Waals surface area contributed by atoms with Crippen LogP contribution in [0.15, 0.2) is 30.4 Å². The van der Waals surface area contributed by atoms with E-state index in [1.54, 1.807) is 7.11 Å². The number of hydrogen-bond donors (Lipinski definition) is 1. The van der Waals surface area contributed by atoms with E-state index in [1.807, 2.05) is 30.0 Å². The zero-order chi connectivity index (χ0) is 21.3. The van der Waals surface area contributed by atoms with E-state index in [9.17, 15) is 4.79 Å². The second-order valence-electron chi connectivity index (χ2n) is 8.49. The summed E-state index contributed by atoms with van der Waals surface area (Å²) in [5.41, 5.74) is 2.74. The Kier molecular flexibility index (Phi) is 8.50. The molecule has 1 fully saturated rings. The normalized spacial score (nSPS) is 19.6. The predicted molar refractivity (Wildman–Crippen MR) is 124 cm³/mol. The molecule has 5 nitrogen and oxygen atoms in total. The zero-order valence-electron chi connectivity index (χ0n) is 18.8. The number of aromatic amines is 1. The van der Waals surface area contributed by atoms with Crippen molar-refractivity contribution in [1.82, 2.24) is 9.97 Å². The minimum absolute atomic E-state index is 0.128. The molecule has 2 heterocycles. The Morgan fingerprint density at radius 1 is 1.17 bits per heavy atom. The number of rotatable bonds is 12. The SMILES string of the molecule is CCCCCCCCCC=CCC1CC(=O)N(c2ccc3nc(C)[nH]c3c2)C1OC. The summed E-state index contributed by atoms with van der Waals surface area (Å²) in [5, 5.41) is 0. The largest absolute Gasteiger partial charge is 0.361 e. The highest BCUT2D eigenvalue weighted by atomic mass is 16.5. The molecule has 1 aromatic carbocycles. The number of hydrogen-bond acceptors (Lipinski definition) is 3. The first-order chi connectivity index (χ1) is 14.6. The van der Waals surface area contributed by atoms with Crippen LogP contribution in [0.4, 0.5) is 5.69 Å². The fourth-order valence-electron chi connectivity index (χ4n) is 4.45. The van der Waals surface area contributed by atoms with Gasteiger partial charge in [-0.1, -0.05) is 57.6 Å². The van der Waals surface area contributed by atoms with E-state index in [0.717, 1.165) is 35.4 Å². The number of amides is 1. The van der Waals surface area contributed by atoms with Gasteiger partial charge in [0.05, 0.1) is 11.0 Å². The van der Waals surface area contributed by atoms with E-state index in [1.165, 1.54) is 44.9 Å². The van der Waals surface area contributed by atoms with Crippen LogP contribution in [0.2, 0.25) is 0 Å². The Morgan fingerprint density at radius 3 is 2.70 bits per heavy atom. The first kappa shape index (κ1) is 22.5. The fraction of sp³-hybridized carbons (Fsp3) is 0.600. The number of carbonyl (C=O) groups excluding carboxylic acids is 1. The van der Waals surface area contributed by atoms with Crippen LogP contribution >= 0.6 is 0 Å². The van der Waals surface area contributed by atoms with Gasteiger partial charge in [-0.25, -0.2) is 4.98 Å². The maximum atomic E-state index is 12.8. The van der Waals surface area contributed by atoms with Gasteiger partial charge in [0, 0.05) is 25.1 Å². The molecule has 0 radical (unpaired) electrons. The smallest absolute Gasteiger partial charge is 0.229 e. The van der Waals surface area contributed by atoms with Gasteiger partial charge < -0.3 is 9.72 Å². The average molecular weight is 412 g/mol. The number of nitrogens with zero attached hydrogens (tertiary/aromatic N) is 2. The van der Waals surface area contributed by atoms with E-state index in [-0.39, 0.29) is 18.1 Å². The Hall–Kier alpha value is -2.14. The van der Waals surface area contributed by atoms with Gasteiger partial charge in [-0.15, -0.1) is 0 Å². The monoisotopic (exact) mass is 411 g/mol. The molecule has 2 unspecified atom stereocenters. The van der Waals surface area contributed by atoms with Crippen molar-refractivity contribution >= 4 is 22.6 Å². The number of H-pyrrole nitrogens is 1. The third-order valence-corrected chi connectivity index (χ3v) is 6.05. The maximum Gasteiger partial charge on any atom is 0.229 e. The number of nitrogens with one attached hydrogen (secondary N) is 1. The zero-order valence-corrected chi connectivity index (χ0v) is 18.8. The van der Waals surface area contributed by atoms with Crippen LogP contribution in [-0.4, -0.2) is 29.2 Å². The molecule has 30 heavy (non-hydrogen) atoms. The fourth-order valence-corrected chi connectivity index (χ4v) is 4.45. The summed E-state index contributed by atoms with van der Waals surface area (Å²) in [6.45, 7) is 4.20. The van der Waals surface area contributed by atoms with Gasteiger partial charge in [0.25, 0.3) is 0 Å². The Morgan fingerprint density at radius 2 is 1.93 bits per heavy atom. The quantitative estimate of drug-likeness (QED) is 0.330. The molecule has 2 aromatic rings. The van der Waals surface area contributed by atoms with Crippen LogP contribution < -0.4 is 4.90 Å². The average Bonchev–Trinajstić information content (AvgIpc) is 3.26. The van der Waals surface area contributed by atoms with E-state index in [2.05, 4.69) is 29.0 Å². The summed E-state index contributed by atoms with van der Waals surface area (Å²) in [6, 6.07) is 5.92. The van der Waals surface area contributed by atoms with Crippen molar-refractivity contribution in [1.29, 1.82) is 0 Å². The third kappa shape index (κ3) is 5.72. The van der Waals surface area contributed by atoms with Gasteiger partial charge in [0.15, 0.2) is 0 Å². The number of aromatic nitrogens is 2. The summed E-state index contributed by atoms with van der Waals surface area (Å²) >= 11 is 0. The highest BCUT2D eigenvalue weighted by molar-refractivity contribution is 5.98. The van der Waals surface area contributed by atoms with Crippen LogP contribution in [0.1, 0.15) is 77.0 Å². The Balaban J connectivity index is 1.50. The highest BCUT2D eigenvalue weighted by Gasteiger charge is 2.40. The summed E-state index contributed by atoms with van der Waals surface area (Å²) in [5.74, 6) is 1.19.